The fourth-order valence-electron chi connectivity index (χ4n) is 2.09. The van der Waals surface area contributed by atoms with Crippen LogP contribution in [0.1, 0.15) is 32.6 Å². The molecule has 1 heterocycles. The molecule has 2 unspecified atom stereocenters. The molecule has 0 radical (unpaired) electrons. The van der Waals surface area contributed by atoms with Crippen molar-refractivity contribution in [2.24, 2.45) is 5.92 Å². The van der Waals surface area contributed by atoms with Crippen LogP contribution >= 0.6 is 23.2 Å². The topological polar surface area (TPSA) is 50.7 Å². The Labute approximate surface area is 105 Å². The second-order valence-electron chi connectivity index (χ2n) is 4.21. The van der Waals surface area contributed by atoms with Crippen molar-refractivity contribution in [3.63, 3.8) is 0 Å². The highest BCUT2D eigenvalue weighted by Gasteiger charge is 2.22. The maximum Gasteiger partial charge on any atom is 0.228 e. The highest BCUT2D eigenvalue weighted by atomic mass is 35.5. The van der Waals surface area contributed by atoms with Gasteiger partial charge in [-0.1, -0.05) is 19.8 Å². The molecule has 1 aliphatic carbocycles. The van der Waals surface area contributed by atoms with Gasteiger partial charge in [-0.15, -0.1) is 0 Å². The first-order valence-corrected chi connectivity index (χ1v) is 6.24. The maximum absolute atomic E-state index is 5.72. The number of nitrogens with zero attached hydrogens (tertiary/aromatic N) is 3. The van der Waals surface area contributed by atoms with E-state index in [1.165, 1.54) is 19.3 Å². The third kappa shape index (κ3) is 2.95. The molecule has 1 saturated carbocycles. The van der Waals surface area contributed by atoms with E-state index in [0.29, 0.717) is 17.9 Å². The van der Waals surface area contributed by atoms with Gasteiger partial charge in [0.1, 0.15) is 0 Å². The molecule has 0 spiro atoms. The summed E-state index contributed by atoms with van der Waals surface area (Å²) in [5, 5.41) is 3.54. The summed E-state index contributed by atoms with van der Waals surface area (Å²) in [6.45, 7) is 2.24. The minimum Gasteiger partial charge on any atom is -0.351 e. The molecule has 0 saturated heterocycles. The van der Waals surface area contributed by atoms with Gasteiger partial charge in [0.25, 0.3) is 0 Å². The van der Waals surface area contributed by atoms with Gasteiger partial charge in [0.2, 0.25) is 16.5 Å². The Bertz CT molecular complexity index is 352. The highest BCUT2D eigenvalue weighted by molar-refractivity contribution is 6.31. The quantitative estimate of drug-likeness (QED) is 0.888. The summed E-state index contributed by atoms with van der Waals surface area (Å²) >= 11 is 11.4. The van der Waals surface area contributed by atoms with Gasteiger partial charge in [-0.25, -0.2) is 0 Å². The van der Waals surface area contributed by atoms with Crippen LogP contribution in [0.25, 0.3) is 0 Å². The normalized spacial score (nSPS) is 25.4. The molecule has 6 heteroatoms. The Kier molecular flexibility index (Phi) is 3.82. The number of anilines is 1. The lowest BCUT2D eigenvalue weighted by atomic mass is 9.86. The second kappa shape index (κ2) is 5.15. The van der Waals surface area contributed by atoms with Crippen molar-refractivity contribution in [2.75, 3.05) is 5.32 Å². The van der Waals surface area contributed by atoms with E-state index in [0.717, 1.165) is 6.42 Å². The third-order valence-electron chi connectivity index (χ3n) is 3.01. The fourth-order valence-corrected chi connectivity index (χ4v) is 2.45. The van der Waals surface area contributed by atoms with Gasteiger partial charge in [0.15, 0.2) is 0 Å². The SMILES string of the molecule is CC1CCCCC1Nc1nc(Cl)nc(Cl)n1. The van der Waals surface area contributed by atoms with Gasteiger partial charge in [-0.05, 0) is 42.0 Å². The van der Waals surface area contributed by atoms with E-state index in [-0.39, 0.29) is 10.6 Å². The predicted octanol–water partition coefficient (Wildman–Crippen LogP) is 3.17. The van der Waals surface area contributed by atoms with E-state index in [2.05, 4.69) is 27.2 Å². The van der Waals surface area contributed by atoms with Crippen LogP contribution in [-0.2, 0) is 0 Å². The summed E-state index contributed by atoms with van der Waals surface area (Å²) in [4.78, 5) is 11.7. The molecule has 16 heavy (non-hydrogen) atoms. The Balaban J connectivity index is 2.07. The predicted molar refractivity (Wildman–Crippen MR) is 64.9 cm³/mol. The lowest BCUT2D eigenvalue weighted by molar-refractivity contribution is 0.348. The fraction of sp³-hybridized carbons (Fsp3) is 0.700. The van der Waals surface area contributed by atoms with Crippen molar-refractivity contribution >= 4 is 29.2 Å². The molecule has 1 aromatic rings. The molecule has 1 fully saturated rings. The standard InChI is InChI=1S/C10H14Cl2N4/c1-6-4-2-3-5-7(6)13-10-15-8(11)14-9(12)16-10/h6-7H,2-5H2,1H3,(H,13,14,15,16). The molecule has 2 atom stereocenters. The van der Waals surface area contributed by atoms with Gasteiger partial charge < -0.3 is 5.32 Å². The van der Waals surface area contributed by atoms with Crippen LogP contribution in [0, 0.1) is 5.92 Å². The van der Waals surface area contributed by atoms with E-state index < -0.39 is 0 Å². The molecule has 2 rings (SSSR count). The molecule has 1 aromatic heterocycles. The Hall–Kier alpha value is -0.610. The number of halogens is 2. The monoisotopic (exact) mass is 260 g/mol. The summed E-state index contributed by atoms with van der Waals surface area (Å²) in [6.07, 6.45) is 4.93. The molecule has 1 aliphatic rings. The van der Waals surface area contributed by atoms with E-state index in [4.69, 9.17) is 23.2 Å². The van der Waals surface area contributed by atoms with Gasteiger partial charge in [0.05, 0.1) is 0 Å². The molecule has 88 valence electrons. The number of hydrogen-bond donors (Lipinski definition) is 1. The van der Waals surface area contributed by atoms with Crippen molar-refractivity contribution in [3.05, 3.63) is 10.6 Å². The Morgan fingerprint density at radius 3 is 2.31 bits per heavy atom. The van der Waals surface area contributed by atoms with E-state index >= 15 is 0 Å². The van der Waals surface area contributed by atoms with E-state index in [9.17, 15) is 0 Å². The van der Waals surface area contributed by atoms with Crippen molar-refractivity contribution < 1.29 is 0 Å². The van der Waals surface area contributed by atoms with Gasteiger partial charge in [-0.2, -0.15) is 15.0 Å². The number of rotatable bonds is 2. The Morgan fingerprint density at radius 2 is 1.69 bits per heavy atom. The van der Waals surface area contributed by atoms with Crippen LogP contribution in [0.3, 0.4) is 0 Å². The molecular formula is C10H14Cl2N4. The molecular weight excluding hydrogens is 247 g/mol. The lowest BCUT2D eigenvalue weighted by Crippen LogP contribution is -2.31. The zero-order valence-corrected chi connectivity index (χ0v) is 10.6. The van der Waals surface area contributed by atoms with Crippen LogP contribution in [0.2, 0.25) is 10.6 Å². The van der Waals surface area contributed by atoms with E-state index in [1.807, 2.05) is 0 Å². The summed E-state index contributed by atoms with van der Waals surface area (Å²) in [7, 11) is 0. The van der Waals surface area contributed by atoms with Crippen LogP contribution in [0.5, 0.6) is 0 Å². The van der Waals surface area contributed by atoms with Crippen LogP contribution < -0.4 is 5.32 Å². The first kappa shape index (κ1) is 11.9. The second-order valence-corrected chi connectivity index (χ2v) is 4.89. The first-order valence-electron chi connectivity index (χ1n) is 5.49. The van der Waals surface area contributed by atoms with Crippen molar-refractivity contribution in [2.45, 2.75) is 38.6 Å². The van der Waals surface area contributed by atoms with Gasteiger partial charge in [-0.3, -0.25) is 0 Å². The van der Waals surface area contributed by atoms with Crippen molar-refractivity contribution in [1.29, 1.82) is 0 Å². The minimum absolute atomic E-state index is 0.131. The highest BCUT2D eigenvalue weighted by Crippen LogP contribution is 2.26. The molecule has 0 aromatic carbocycles. The molecule has 4 nitrogen and oxygen atoms in total. The summed E-state index contributed by atoms with van der Waals surface area (Å²) < 4.78 is 0. The summed E-state index contributed by atoms with van der Waals surface area (Å²) in [5.41, 5.74) is 0. The van der Waals surface area contributed by atoms with Crippen LogP contribution in [-0.4, -0.2) is 21.0 Å². The number of nitrogens with one attached hydrogen (secondary N) is 1. The minimum atomic E-state index is 0.131. The largest absolute Gasteiger partial charge is 0.351 e. The molecule has 0 amide bonds. The third-order valence-corrected chi connectivity index (χ3v) is 3.34. The zero-order valence-electron chi connectivity index (χ0n) is 9.08. The molecule has 0 bridgehead atoms. The lowest BCUT2D eigenvalue weighted by Gasteiger charge is -2.29. The molecule has 0 aliphatic heterocycles. The first-order chi connectivity index (χ1) is 7.65. The average Bonchev–Trinajstić information content (AvgIpc) is 2.20. The number of aromatic nitrogens is 3. The zero-order chi connectivity index (χ0) is 11.5. The van der Waals surface area contributed by atoms with Gasteiger partial charge >= 0.3 is 0 Å². The van der Waals surface area contributed by atoms with Crippen molar-refractivity contribution in [1.82, 2.24) is 15.0 Å². The van der Waals surface area contributed by atoms with Crippen molar-refractivity contribution in [3.8, 4) is 0 Å². The van der Waals surface area contributed by atoms with Gasteiger partial charge in [0, 0.05) is 6.04 Å². The summed E-state index contributed by atoms with van der Waals surface area (Å²) in [6, 6.07) is 0.406. The number of hydrogen-bond acceptors (Lipinski definition) is 4. The molecule has 1 N–H and O–H groups in total. The average molecular weight is 261 g/mol. The van der Waals surface area contributed by atoms with Crippen LogP contribution in [0.4, 0.5) is 5.95 Å². The van der Waals surface area contributed by atoms with E-state index in [1.54, 1.807) is 0 Å². The Morgan fingerprint density at radius 1 is 1.06 bits per heavy atom. The van der Waals surface area contributed by atoms with Crippen LogP contribution in [0.15, 0.2) is 0 Å². The maximum atomic E-state index is 5.72. The summed E-state index contributed by atoms with van der Waals surface area (Å²) in [5.74, 6) is 1.10. The smallest absolute Gasteiger partial charge is 0.228 e.